The Labute approximate surface area is 114 Å². The van der Waals surface area contributed by atoms with Crippen LogP contribution in [0.25, 0.3) is 0 Å². The normalized spacial score (nSPS) is 24.4. The van der Waals surface area contributed by atoms with Gasteiger partial charge in [-0.2, -0.15) is 0 Å². The molecule has 0 saturated carbocycles. The molecule has 0 bridgehead atoms. The summed E-state index contributed by atoms with van der Waals surface area (Å²) in [7, 11) is 0. The van der Waals surface area contributed by atoms with Gasteiger partial charge in [0.2, 0.25) is 0 Å². The highest BCUT2D eigenvalue weighted by Gasteiger charge is 2.44. The lowest BCUT2D eigenvalue weighted by Crippen LogP contribution is -2.58. The fraction of sp³-hybridized carbons (Fsp3) is 0.154. The van der Waals surface area contributed by atoms with Crippen LogP contribution in [0.5, 0.6) is 0 Å². The Bertz CT molecular complexity index is 611. The molecule has 2 rings (SSSR count). The molecule has 0 aliphatic heterocycles. The number of aromatic carboxylic acids is 1. The second-order valence-corrected chi connectivity index (χ2v) is 4.36. The Hall–Kier alpha value is -2.67. The Morgan fingerprint density at radius 3 is 2.75 bits per heavy atom. The number of hydrogen-bond acceptors (Lipinski definition) is 5. The van der Waals surface area contributed by atoms with E-state index < -0.39 is 22.6 Å². The van der Waals surface area contributed by atoms with Crippen molar-refractivity contribution in [3.8, 4) is 0 Å². The number of para-hydroxylation sites is 1. The third kappa shape index (κ3) is 2.39. The summed E-state index contributed by atoms with van der Waals surface area (Å²) >= 11 is 0. The van der Waals surface area contributed by atoms with Gasteiger partial charge in [-0.05, 0) is 12.1 Å². The number of nitrogens with one attached hydrogen (secondary N) is 1. The first-order valence-corrected chi connectivity index (χ1v) is 5.83. The average molecular weight is 275 g/mol. The molecule has 7 nitrogen and oxygen atoms in total. The van der Waals surface area contributed by atoms with Gasteiger partial charge in [0.05, 0.1) is 5.56 Å². The zero-order valence-corrected chi connectivity index (χ0v) is 10.4. The molecule has 0 spiro atoms. The van der Waals surface area contributed by atoms with Crippen molar-refractivity contribution in [3.63, 3.8) is 0 Å². The molecular weight excluding hydrogens is 262 g/mol. The van der Waals surface area contributed by atoms with Gasteiger partial charge in [0.1, 0.15) is 6.04 Å². The van der Waals surface area contributed by atoms with Gasteiger partial charge in [0.25, 0.3) is 0 Å². The molecule has 0 saturated heterocycles. The molecule has 0 heterocycles. The highest BCUT2D eigenvalue weighted by Crippen LogP contribution is 2.23. The predicted molar refractivity (Wildman–Crippen MR) is 73.0 cm³/mol. The van der Waals surface area contributed by atoms with Gasteiger partial charge in [-0.3, -0.25) is 15.8 Å². The molecule has 1 aromatic rings. The number of nitro groups is 1. The summed E-state index contributed by atoms with van der Waals surface area (Å²) in [5.41, 5.74) is 4.26. The zero-order chi connectivity index (χ0) is 14.8. The number of benzene rings is 1. The van der Waals surface area contributed by atoms with Crippen molar-refractivity contribution in [1.29, 1.82) is 0 Å². The van der Waals surface area contributed by atoms with Crippen LogP contribution in [-0.2, 0) is 0 Å². The van der Waals surface area contributed by atoms with Gasteiger partial charge in [0, 0.05) is 16.7 Å². The van der Waals surface area contributed by atoms with E-state index in [4.69, 9.17) is 10.8 Å². The molecule has 1 aliphatic rings. The minimum atomic E-state index is -1.82. The largest absolute Gasteiger partial charge is 0.478 e. The third-order valence-electron chi connectivity index (χ3n) is 3.06. The molecule has 20 heavy (non-hydrogen) atoms. The molecule has 1 aromatic carbocycles. The number of rotatable bonds is 4. The fourth-order valence-corrected chi connectivity index (χ4v) is 1.94. The molecule has 104 valence electrons. The van der Waals surface area contributed by atoms with Crippen molar-refractivity contribution in [3.05, 3.63) is 64.2 Å². The van der Waals surface area contributed by atoms with E-state index in [-0.39, 0.29) is 11.3 Å². The number of allylic oxidation sites excluding steroid dienone is 2. The SMILES string of the molecule is NC1([N+](=O)[O-])C=CC=CC1Nc1ccccc1C(=O)O. The van der Waals surface area contributed by atoms with Crippen LogP contribution in [0.4, 0.5) is 5.69 Å². The quantitative estimate of drug-likeness (QED) is 0.432. The van der Waals surface area contributed by atoms with E-state index in [1.807, 2.05) is 0 Å². The van der Waals surface area contributed by atoms with Crippen molar-refractivity contribution < 1.29 is 14.8 Å². The molecule has 1 aliphatic carbocycles. The number of nitrogens with two attached hydrogens (primary N) is 1. The smallest absolute Gasteiger partial charge is 0.337 e. The fourth-order valence-electron chi connectivity index (χ4n) is 1.94. The van der Waals surface area contributed by atoms with Gasteiger partial charge in [-0.1, -0.05) is 30.4 Å². The number of carboxylic acids is 1. The number of hydrogen-bond donors (Lipinski definition) is 3. The molecule has 4 N–H and O–H groups in total. The minimum Gasteiger partial charge on any atom is -0.478 e. The maximum Gasteiger partial charge on any atom is 0.337 e. The van der Waals surface area contributed by atoms with Crippen LogP contribution >= 0.6 is 0 Å². The van der Waals surface area contributed by atoms with Crippen LogP contribution in [-0.4, -0.2) is 27.7 Å². The Morgan fingerprint density at radius 1 is 1.40 bits per heavy atom. The van der Waals surface area contributed by atoms with Crippen molar-refractivity contribution in [2.45, 2.75) is 11.7 Å². The van der Waals surface area contributed by atoms with E-state index in [2.05, 4.69) is 5.32 Å². The summed E-state index contributed by atoms with van der Waals surface area (Å²) in [6.45, 7) is 0. The maximum atomic E-state index is 11.1. The van der Waals surface area contributed by atoms with Crippen LogP contribution in [0.1, 0.15) is 10.4 Å². The first-order chi connectivity index (χ1) is 9.45. The predicted octanol–water partition coefficient (Wildman–Crippen LogP) is 1.22. The van der Waals surface area contributed by atoms with Gasteiger partial charge >= 0.3 is 11.6 Å². The van der Waals surface area contributed by atoms with Crippen molar-refractivity contribution in [1.82, 2.24) is 0 Å². The van der Waals surface area contributed by atoms with E-state index >= 15 is 0 Å². The van der Waals surface area contributed by atoms with Crippen molar-refractivity contribution in [2.75, 3.05) is 5.32 Å². The highest BCUT2D eigenvalue weighted by molar-refractivity contribution is 5.94. The van der Waals surface area contributed by atoms with Gasteiger partial charge in [0.15, 0.2) is 0 Å². The lowest BCUT2D eigenvalue weighted by Gasteiger charge is -2.28. The molecule has 0 amide bonds. The molecule has 2 unspecified atom stereocenters. The number of carbonyl (C=O) groups is 1. The summed E-state index contributed by atoms with van der Waals surface area (Å²) in [4.78, 5) is 21.7. The van der Waals surface area contributed by atoms with Gasteiger partial charge in [-0.25, -0.2) is 4.79 Å². The van der Waals surface area contributed by atoms with Crippen LogP contribution in [0.15, 0.2) is 48.6 Å². The number of carboxylic acid groups (broad SMARTS) is 1. The van der Waals surface area contributed by atoms with E-state index in [0.29, 0.717) is 0 Å². The van der Waals surface area contributed by atoms with Crippen LogP contribution in [0.3, 0.4) is 0 Å². The zero-order valence-electron chi connectivity index (χ0n) is 10.4. The highest BCUT2D eigenvalue weighted by atomic mass is 16.6. The Balaban J connectivity index is 2.34. The van der Waals surface area contributed by atoms with Crippen molar-refractivity contribution in [2.24, 2.45) is 5.73 Å². The molecule has 0 radical (unpaired) electrons. The van der Waals surface area contributed by atoms with Gasteiger partial charge < -0.3 is 10.4 Å². The summed E-state index contributed by atoms with van der Waals surface area (Å²) in [6, 6.07) is 5.33. The summed E-state index contributed by atoms with van der Waals surface area (Å²) in [5.74, 6) is -1.12. The molecular formula is C13H13N3O4. The van der Waals surface area contributed by atoms with Gasteiger partial charge in [-0.15, -0.1) is 0 Å². The first-order valence-electron chi connectivity index (χ1n) is 5.83. The lowest BCUT2D eigenvalue weighted by atomic mass is 9.96. The lowest BCUT2D eigenvalue weighted by molar-refractivity contribution is -0.554. The van der Waals surface area contributed by atoms with Crippen LogP contribution in [0.2, 0.25) is 0 Å². The standard InChI is InChI=1S/C13H13N3O4/c14-13(16(19)20)8-4-3-7-11(13)15-10-6-2-1-5-9(10)12(17)18/h1-8,11,15H,14H2,(H,17,18). The number of anilines is 1. The molecule has 0 aromatic heterocycles. The average Bonchev–Trinajstić information content (AvgIpc) is 2.41. The van der Waals surface area contributed by atoms with Crippen LogP contribution in [0, 0.1) is 10.1 Å². The van der Waals surface area contributed by atoms with E-state index in [1.165, 1.54) is 30.4 Å². The maximum absolute atomic E-state index is 11.1. The minimum absolute atomic E-state index is 0.0288. The second kappa shape index (κ2) is 5.14. The van der Waals surface area contributed by atoms with Crippen LogP contribution < -0.4 is 11.1 Å². The molecule has 2 atom stereocenters. The van der Waals surface area contributed by atoms with Crippen molar-refractivity contribution >= 4 is 11.7 Å². The molecule has 0 fully saturated rings. The second-order valence-electron chi connectivity index (χ2n) is 4.36. The Kier molecular flexibility index (Phi) is 3.53. The monoisotopic (exact) mass is 275 g/mol. The summed E-state index contributed by atoms with van der Waals surface area (Å²) in [5, 5.41) is 23.0. The summed E-state index contributed by atoms with van der Waals surface area (Å²) in [6.07, 6.45) is 5.91. The Morgan fingerprint density at radius 2 is 2.10 bits per heavy atom. The van der Waals surface area contributed by atoms with E-state index in [0.717, 1.165) is 0 Å². The number of nitrogens with zero attached hydrogens (tertiary/aromatic N) is 1. The molecule has 7 heteroatoms. The first kappa shape index (κ1) is 13.8. The van der Waals surface area contributed by atoms with E-state index in [9.17, 15) is 14.9 Å². The topological polar surface area (TPSA) is 118 Å². The summed E-state index contributed by atoms with van der Waals surface area (Å²) < 4.78 is 0. The third-order valence-corrected chi connectivity index (χ3v) is 3.06. The van der Waals surface area contributed by atoms with E-state index in [1.54, 1.807) is 18.2 Å².